The molecule has 2 rings (SSSR count). The van der Waals surface area contributed by atoms with Crippen LogP contribution in [0.25, 0.3) is 0 Å². The maximum Gasteiger partial charge on any atom is 0.325 e. The summed E-state index contributed by atoms with van der Waals surface area (Å²) >= 11 is 1.82. The fourth-order valence-electron chi connectivity index (χ4n) is 3.36. The highest BCUT2D eigenvalue weighted by Gasteiger charge is 2.50. The Kier molecular flexibility index (Phi) is 4.27. The van der Waals surface area contributed by atoms with Crippen LogP contribution in [0.2, 0.25) is 0 Å². The smallest absolute Gasteiger partial charge is 0.325 e. The summed E-state index contributed by atoms with van der Waals surface area (Å²) in [6, 6.07) is 0. The molecule has 0 amide bonds. The Labute approximate surface area is 114 Å². The lowest BCUT2D eigenvalue weighted by molar-refractivity contribution is -0.152. The van der Waals surface area contributed by atoms with E-state index in [9.17, 15) is 9.90 Å². The number of carbonyl (C=O) groups is 1. The molecule has 4 heteroatoms. The summed E-state index contributed by atoms with van der Waals surface area (Å²) in [5.74, 6) is 1.23. The summed E-state index contributed by atoms with van der Waals surface area (Å²) < 4.78 is 0. The zero-order chi connectivity index (χ0) is 13.2. The minimum Gasteiger partial charge on any atom is -0.480 e. The van der Waals surface area contributed by atoms with Gasteiger partial charge in [-0.1, -0.05) is 26.7 Å². The fourth-order valence-corrected chi connectivity index (χ4v) is 4.87. The zero-order valence-electron chi connectivity index (χ0n) is 11.6. The maximum absolute atomic E-state index is 11.9. The molecule has 3 nitrogen and oxygen atoms in total. The van der Waals surface area contributed by atoms with Crippen LogP contribution in [0.15, 0.2) is 0 Å². The van der Waals surface area contributed by atoms with Crippen molar-refractivity contribution in [3.05, 3.63) is 0 Å². The summed E-state index contributed by atoms with van der Waals surface area (Å²) in [5.41, 5.74) is -0.482. The third-order valence-electron chi connectivity index (χ3n) is 4.21. The molecule has 2 fully saturated rings. The van der Waals surface area contributed by atoms with Crippen LogP contribution >= 0.6 is 11.8 Å². The lowest BCUT2D eigenvalue weighted by atomic mass is 9.78. The van der Waals surface area contributed by atoms with Crippen molar-refractivity contribution >= 4 is 17.7 Å². The quantitative estimate of drug-likeness (QED) is 0.838. The fraction of sp³-hybridized carbons (Fsp3) is 0.929. The van der Waals surface area contributed by atoms with Crippen molar-refractivity contribution in [2.24, 2.45) is 5.41 Å². The number of thioether (sulfide) groups is 1. The van der Waals surface area contributed by atoms with Gasteiger partial charge in [0.15, 0.2) is 0 Å². The molecule has 2 aliphatic rings. The second kappa shape index (κ2) is 5.41. The van der Waals surface area contributed by atoms with Crippen molar-refractivity contribution < 1.29 is 9.90 Å². The van der Waals surface area contributed by atoms with Crippen molar-refractivity contribution in [3.8, 4) is 0 Å². The van der Waals surface area contributed by atoms with Gasteiger partial charge in [-0.2, -0.15) is 11.8 Å². The van der Waals surface area contributed by atoms with E-state index >= 15 is 0 Å². The highest BCUT2D eigenvalue weighted by Crippen LogP contribution is 2.43. The van der Waals surface area contributed by atoms with Crippen molar-refractivity contribution in [2.75, 3.05) is 24.6 Å². The molecule has 2 saturated heterocycles. The van der Waals surface area contributed by atoms with Gasteiger partial charge in [0.05, 0.1) is 0 Å². The lowest BCUT2D eigenvalue weighted by Gasteiger charge is -2.47. The Morgan fingerprint density at radius 3 is 2.22 bits per heavy atom. The van der Waals surface area contributed by atoms with E-state index in [4.69, 9.17) is 0 Å². The number of carboxylic acid groups (broad SMARTS) is 1. The first-order chi connectivity index (χ1) is 8.46. The number of rotatable bonds is 2. The highest BCUT2D eigenvalue weighted by molar-refractivity contribution is 7.99. The minimum atomic E-state index is -0.614. The van der Waals surface area contributed by atoms with Crippen molar-refractivity contribution in [1.82, 2.24) is 4.90 Å². The second-order valence-corrected chi connectivity index (χ2v) is 7.56. The van der Waals surface area contributed by atoms with E-state index in [1.165, 1.54) is 12.8 Å². The van der Waals surface area contributed by atoms with E-state index in [2.05, 4.69) is 18.7 Å². The van der Waals surface area contributed by atoms with Crippen LogP contribution in [0.4, 0.5) is 0 Å². The Hall–Kier alpha value is -0.220. The van der Waals surface area contributed by atoms with E-state index in [1.807, 2.05) is 11.8 Å². The predicted octanol–water partition coefficient (Wildman–Crippen LogP) is 2.85. The number of likely N-dealkylation sites (tertiary alicyclic amines) is 1. The molecular formula is C14H25NO2S. The van der Waals surface area contributed by atoms with Crippen LogP contribution in [0, 0.1) is 5.41 Å². The molecule has 1 atom stereocenters. The van der Waals surface area contributed by atoms with Crippen LogP contribution < -0.4 is 0 Å². The second-order valence-electron chi connectivity index (χ2n) is 6.57. The Bertz CT molecular complexity index is 311. The van der Waals surface area contributed by atoms with Gasteiger partial charge in [0, 0.05) is 5.75 Å². The van der Waals surface area contributed by atoms with E-state index in [0.29, 0.717) is 0 Å². The Balaban J connectivity index is 2.22. The maximum atomic E-state index is 11.9. The molecule has 2 aliphatic heterocycles. The first kappa shape index (κ1) is 14.2. The molecular weight excluding hydrogens is 246 g/mol. The monoisotopic (exact) mass is 271 g/mol. The molecule has 0 aliphatic carbocycles. The number of hydrogen-bond donors (Lipinski definition) is 1. The topological polar surface area (TPSA) is 40.5 Å². The number of aliphatic carboxylic acids is 1. The number of carboxylic acids is 1. The summed E-state index contributed by atoms with van der Waals surface area (Å²) in [6.45, 7) is 6.33. The molecule has 0 aromatic carbocycles. The number of nitrogens with zero attached hydrogens (tertiary/aromatic N) is 1. The molecule has 0 aromatic heterocycles. The van der Waals surface area contributed by atoms with E-state index in [1.54, 1.807) is 0 Å². The number of hydrogen-bond acceptors (Lipinski definition) is 3. The molecule has 18 heavy (non-hydrogen) atoms. The van der Waals surface area contributed by atoms with Gasteiger partial charge in [-0.25, -0.2) is 0 Å². The molecule has 104 valence electrons. The SMILES string of the molecule is CC1(C)CSCC(C(=O)O)(N2CCCCCC2)C1. The summed E-state index contributed by atoms with van der Waals surface area (Å²) in [7, 11) is 0. The van der Waals surface area contributed by atoms with Gasteiger partial charge < -0.3 is 5.11 Å². The molecule has 0 aromatic rings. The van der Waals surface area contributed by atoms with Crippen LogP contribution in [0.5, 0.6) is 0 Å². The average Bonchev–Trinajstić information content (AvgIpc) is 2.55. The summed E-state index contributed by atoms with van der Waals surface area (Å²) in [4.78, 5) is 14.2. The highest BCUT2D eigenvalue weighted by atomic mass is 32.2. The van der Waals surface area contributed by atoms with Gasteiger partial charge in [-0.15, -0.1) is 0 Å². The molecule has 2 heterocycles. The minimum absolute atomic E-state index is 0.133. The van der Waals surface area contributed by atoms with E-state index in [-0.39, 0.29) is 5.41 Å². The summed E-state index contributed by atoms with van der Waals surface area (Å²) in [5, 5.41) is 9.81. The molecule has 0 radical (unpaired) electrons. The first-order valence-corrected chi connectivity index (χ1v) is 8.18. The molecule has 1 unspecified atom stereocenters. The lowest BCUT2D eigenvalue weighted by Crippen LogP contribution is -2.61. The van der Waals surface area contributed by atoms with Gasteiger partial charge in [-0.05, 0) is 43.5 Å². The zero-order valence-corrected chi connectivity index (χ0v) is 12.4. The van der Waals surface area contributed by atoms with Gasteiger partial charge in [0.2, 0.25) is 0 Å². The largest absolute Gasteiger partial charge is 0.480 e. The summed E-state index contributed by atoms with van der Waals surface area (Å²) in [6.07, 6.45) is 5.61. The normalized spacial score (nSPS) is 33.9. The van der Waals surface area contributed by atoms with Crippen molar-refractivity contribution in [2.45, 2.75) is 51.5 Å². The first-order valence-electron chi connectivity index (χ1n) is 7.03. The van der Waals surface area contributed by atoms with E-state index < -0.39 is 11.5 Å². The van der Waals surface area contributed by atoms with Gasteiger partial charge in [0.1, 0.15) is 5.54 Å². The van der Waals surface area contributed by atoms with Crippen LogP contribution in [-0.4, -0.2) is 46.1 Å². The third-order valence-corrected chi connectivity index (χ3v) is 5.88. The van der Waals surface area contributed by atoms with Crippen LogP contribution in [0.3, 0.4) is 0 Å². The molecule has 0 spiro atoms. The molecule has 1 N–H and O–H groups in total. The van der Waals surface area contributed by atoms with Crippen LogP contribution in [0.1, 0.15) is 46.0 Å². The third kappa shape index (κ3) is 2.85. The standard InChI is InChI=1S/C14H25NO2S/c1-13(2)9-14(12(16)17,11-18-10-13)15-7-5-3-4-6-8-15/h3-11H2,1-2H3,(H,16,17). The van der Waals surface area contributed by atoms with Gasteiger partial charge in [0.25, 0.3) is 0 Å². The Morgan fingerprint density at radius 2 is 1.72 bits per heavy atom. The van der Waals surface area contributed by atoms with Crippen molar-refractivity contribution in [3.63, 3.8) is 0 Å². The van der Waals surface area contributed by atoms with Crippen LogP contribution in [-0.2, 0) is 4.79 Å². The van der Waals surface area contributed by atoms with E-state index in [0.717, 1.165) is 43.9 Å². The Morgan fingerprint density at radius 1 is 1.11 bits per heavy atom. The molecule has 0 saturated carbocycles. The van der Waals surface area contributed by atoms with Gasteiger partial charge >= 0.3 is 5.97 Å². The van der Waals surface area contributed by atoms with Crippen molar-refractivity contribution in [1.29, 1.82) is 0 Å². The van der Waals surface area contributed by atoms with Gasteiger partial charge in [-0.3, -0.25) is 9.69 Å². The average molecular weight is 271 g/mol. The predicted molar refractivity (Wildman–Crippen MR) is 76.1 cm³/mol. The molecule has 0 bridgehead atoms.